The predicted octanol–water partition coefficient (Wildman–Crippen LogP) is 2.27. The van der Waals surface area contributed by atoms with Crippen LogP contribution in [0.25, 0.3) is 0 Å². The van der Waals surface area contributed by atoms with Gasteiger partial charge in [0.15, 0.2) is 0 Å². The van der Waals surface area contributed by atoms with E-state index >= 15 is 0 Å². The van der Waals surface area contributed by atoms with Crippen molar-refractivity contribution in [2.75, 3.05) is 0 Å². The lowest BCUT2D eigenvalue weighted by molar-refractivity contribution is -0.141. The summed E-state index contributed by atoms with van der Waals surface area (Å²) in [6.07, 6.45) is -1.47. The molecule has 0 unspecified atom stereocenters. The van der Waals surface area contributed by atoms with Crippen molar-refractivity contribution in [2.24, 2.45) is 0 Å². The van der Waals surface area contributed by atoms with E-state index in [1.807, 2.05) is 6.92 Å². The molecule has 1 saturated carbocycles. The topological polar surface area (TPSA) is 49.3 Å². The van der Waals surface area contributed by atoms with Crippen molar-refractivity contribution < 1.29 is 18.7 Å². The van der Waals surface area contributed by atoms with Gasteiger partial charge in [-0.1, -0.05) is 17.7 Å². The highest BCUT2D eigenvalue weighted by atomic mass is 19.3. The highest BCUT2D eigenvalue weighted by Gasteiger charge is 2.46. The summed E-state index contributed by atoms with van der Waals surface area (Å²) in [6.45, 7) is 1.90. The van der Waals surface area contributed by atoms with Crippen LogP contribution in [0.2, 0.25) is 0 Å². The summed E-state index contributed by atoms with van der Waals surface area (Å²) in [5, 5.41) is 12.1. The van der Waals surface area contributed by atoms with Gasteiger partial charge in [-0.3, -0.25) is 4.79 Å². The SMILES string of the molecule is Cc1ccc(C(=O)N[C@@H]2CCCC(F)(F)[C@H]2O)cc1. The number of rotatable bonds is 2. The number of hydrogen-bond acceptors (Lipinski definition) is 2. The minimum atomic E-state index is -3.12. The van der Waals surface area contributed by atoms with Crippen molar-refractivity contribution >= 4 is 5.91 Å². The first kappa shape index (κ1) is 13.9. The number of aliphatic hydroxyl groups is 1. The van der Waals surface area contributed by atoms with Crippen LogP contribution in [-0.2, 0) is 0 Å². The van der Waals surface area contributed by atoms with Crippen LogP contribution < -0.4 is 5.32 Å². The van der Waals surface area contributed by atoms with Crippen molar-refractivity contribution in [2.45, 2.75) is 44.3 Å². The van der Waals surface area contributed by atoms with Crippen molar-refractivity contribution in [3.63, 3.8) is 0 Å². The number of nitrogens with one attached hydrogen (secondary N) is 1. The maximum atomic E-state index is 13.4. The van der Waals surface area contributed by atoms with Crippen LogP contribution in [0.5, 0.6) is 0 Å². The Bertz CT molecular complexity index is 459. The molecule has 2 atom stereocenters. The van der Waals surface area contributed by atoms with Gasteiger partial charge in [-0.25, -0.2) is 8.78 Å². The zero-order chi connectivity index (χ0) is 14.0. The second-order valence-corrected chi connectivity index (χ2v) is 5.04. The van der Waals surface area contributed by atoms with Gasteiger partial charge in [-0.05, 0) is 31.9 Å². The molecule has 0 saturated heterocycles. The summed E-state index contributed by atoms with van der Waals surface area (Å²) in [5.74, 6) is -3.55. The van der Waals surface area contributed by atoms with Gasteiger partial charge in [0.05, 0.1) is 6.04 Å². The third-order valence-corrected chi connectivity index (χ3v) is 3.47. The molecule has 2 N–H and O–H groups in total. The van der Waals surface area contributed by atoms with Gasteiger partial charge in [-0.15, -0.1) is 0 Å². The Labute approximate surface area is 110 Å². The molecule has 0 heterocycles. The molecule has 19 heavy (non-hydrogen) atoms. The number of alkyl halides is 2. The first-order valence-corrected chi connectivity index (χ1v) is 6.33. The summed E-state index contributed by atoms with van der Waals surface area (Å²) >= 11 is 0. The normalized spacial score (nSPS) is 25.9. The molecular weight excluding hydrogens is 252 g/mol. The molecule has 1 aromatic carbocycles. The fourth-order valence-corrected chi connectivity index (χ4v) is 2.27. The molecule has 1 aliphatic carbocycles. The largest absolute Gasteiger partial charge is 0.385 e. The number of benzene rings is 1. The molecule has 0 spiro atoms. The van der Waals surface area contributed by atoms with E-state index in [0.29, 0.717) is 18.4 Å². The van der Waals surface area contributed by atoms with Crippen molar-refractivity contribution in [3.05, 3.63) is 35.4 Å². The summed E-state index contributed by atoms with van der Waals surface area (Å²) in [6, 6.07) is 5.94. The van der Waals surface area contributed by atoms with Crippen LogP contribution in [0, 0.1) is 6.92 Å². The van der Waals surface area contributed by atoms with Crippen molar-refractivity contribution in [1.29, 1.82) is 0 Å². The van der Waals surface area contributed by atoms with Crippen LogP contribution in [0.15, 0.2) is 24.3 Å². The minimum Gasteiger partial charge on any atom is -0.385 e. The van der Waals surface area contributed by atoms with E-state index in [4.69, 9.17) is 0 Å². The lowest BCUT2D eigenvalue weighted by Gasteiger charge is -2.34. The Balaban J connectivity index is 2.04. The number of aryl methyl sites for hydroxylation is 1. The van der Waals surface area contributed by atoms with Crippen molar-refractivity contribution in [3.8, 4) is 0 Å². The van der Waals surface area contributed by atoms with Crippen molar-refractivity contribution in [1.82, 2.24) is 5.32 Å². The maximum Gasteiger partial charge on any atom is 0.275 e. The number of halogens is 2. The van der Waals surface area contributed by atoms with Gasteiger partial charge < -0.3 is 10.4 Å². The van der Waals surface area contributed by atoms with Crippen LogP contribution in [0.3, 0.4) is 0 Å². The zero-order valence-electron chi connectivity index (χ0n) is 10.7. The molecule has 1 fully saturated rings. The molecule has 0 aromatic heterocycles. The van der Waals surface area contributed by atoms with Gasteiger partial charge in [0, 0.05) is 12.0 Å². The van der Waals surface area contributed by atoms with Crippen LogP contribution in [0.4, 0.5) is 8.78 Å². The lowest BCUT2D eigenvalue weighted by atomic mass is 9.89. The Morgan fingerprint density at radius 3 is 2.63 bits per heavy atom. The first-order chi connectivity index (χ1) is 8.90. The molecule has 2 rings (SSSR count). The van der Waals surface area contributed by atoms with E-state index < -0.39 is 24.0 Å². The smallest absolute Gasteiger partial charge is 0.275 e. The minimum absolute atomic E-state index is 0.295. The maximum absolute atomic E-state index is 13.4. The second kappa shape index (κ2) is 5.25. The predicted molar refractivity (Wildman–Crippen MR) is 67.2 cm³/mol. The van der Waals surface area contributed by atoms with Crippen LogP contribution >= 0.6 is 0 Å². The summed E-state index contributed by atoms with van der Waals surface area (Å²) < 4.78 is 26.7. The quantitative estimate of drug-likeness (QED) is 0.865. The van der Waals surface area contributed by atoms with Gasteiger partial charge in [0.25, 0.3) is 11.8 Å². The number of carbonyl (C=O) groups excluding carboxylic acids is 1. The number of carbonyl (C=O) groups is 1. The number of aliphatic hydroxyl groups excluding tert-OH is 1. The second-order valence-electron chi connectivity index (χ2n) is 5.04. The molecule has 0 bridgehead atoms. The third-order valence-electron chi connectivity index (χ3n) is 3.47. The van der Waals surface area contributed by atoms with Crippen LogP contribution in [-0.4, -0.2) is 29.1 Å². The summed E-state index contributed by atoms with van der Waals surface area (Å²) in [4.78, 5) is 11.9. The highest BCUT2D eigenvalue weighted by molar-refractivity contribution is 5.94. The van der Waals surface area contributed by atoms with E-state index in [-0.39, 0.29) is 6.42 Å². The zero-order valence-corrected chi connectivity index (χ0v) is 10.7. The molecule has 5 heteroatoms. The Morgan fingerprint density at radius 1 is 1.37 bits per heavy atom. The van der Waals surface area contributed by atoms with Gasteiger partial charge >= 0.3 is 0 Å². The van der Waals surface area contributed by atoms with Gasteiger partial charge in [-0.2, -0.15) is 0 Å². The lowest BCUT2D eigenvalue weighted by Crippen LogP contribution is -2.54. The first-order valence-electron chi connectivity index (χ1n) is 6.33. The van der Waals surface area contributed by atoms with Gasteiger partial charge in [0.1, 0.15) is 6.10 Å². The summed E-state index contributed by atoms with van der Waals surface area (Å²) in [7, 11) is 0. The van der Waals surface area contributed by atoms with E-state index in [0.717, 1.165) is 5.56 Å². The van der Waals surface area contributed by atoms with E-state index in [1.54, 1.807) is 24.3 Å². The van der Waals surface area contributed by atoms with E-state index in [1.165, 1.54) is 0 Å². The fourth-order valence-electron chi connectivity index (χ4n) is 2.27. The molecular formula is C14H17F2NO2. The molecule has 3 nitrogen and oxygen atoms in total. The molecule has 1 amide bonds. The Hall–Kier alpha value is -1.49. The number of amides is 1. The molecule has 1 aliphatic rings. The van der Waals surface area contributed by atoms with Crippen LogP contribution in [0.1, 0.15) is 35.2 Å². The number of hydrogen-bond donors (Lipinski definition) is 2. The highest BCUT2D eigenvalue weighted by Crippen LogP contribution is 2.33. The fraction of sp³-hybridized carbons (Fsp3) is 0.500. The van der Waals surface area contributed by atoms with Gasteiger partial charge in [0.2, 0.25) is 0 Å². The summed E-state index contributed by atoms with van der Waals surface area (Å²) in [5.41, 5.74) is 1.42. The average Bonchev–Trinajstić information content (AvgIpc) is 2.35. The monoisotopic (exact) mass is 269 g/mol. The Kier molecular flexibility index (Phi) is 3.85. The average molecular weight is 269 g/mol. The van der Waals surface area contributed by atoms with E-state index in [2.05, 4.69) is 5.32 Å². The molecule has 104 valence electrons. The Morgan fingerprint density at radius 2 is 2.00 bits per heavy atom. The standard InChI is InChI=1S/C14H17F2NO2/c1-9-4-6-10(7-5-9)13(19)17-11-3-2-8-14(15,16)12(11)18/h4-7,11-12,18H,2-3,8H2,1H3,(H,17,19)/t11-,12+/m1/s1. The third kappa shape index (κ3) is 3.10. The molecule has 0 aliphatic heterocycles. The molecule has 1 aromatic rings. The molecule has 0 radical (unpaired) electrons. The van der Waals surface area contributed by atoms with E-state index in [9.17, 15) is 18.7 Å².